The number of hydrogen-bond acceptors (Lipinski definition) is 4. The predicted octanol–water partition coefficient (Wildman–Crippen LogP) is 2.04. The summed E-state index contributed by atoms with van der Waals surface area (Å²) in [7, 11) is 3.32. The molecule has 0 aliphatic rings. The first kappa shape index (κ1) is 17.0. The summed E-state index contributed by atoms with van der Waals surface area (Å²) >= 11 is 0. The van der Waals surface area contributed by atoms with Crippen LogP contribution in [-0.2, 0) is 20.7 Å². The number of amides is 1. The number of esters is 1. The molecule has 0 N–H and O–H groups in total. The zero-order chi connectivity index (χ0) is 15.7. The van der Waals surface area contributed by atoms with Gasteiger partial charge in [-0.1, -0.05) is 12.1 Å². The molecule has 0 unspecified atom stereocenters. The summed E-state index contributed by atoms with van der Waals surface area (Å²) in [6.07, 6.45) is 1.29. The fraction of sp³-hybridized carbons (Fsp3) is 0.500. The molecule has 0 spiro atoms. The number of methoxy groups -OCH3 is 1. The quantitative estimate of drug-likeness (QED) is 0.688. The molecule has 0 fully saturated rings. The lowest BCUT2D eigenvalue weighted by Crippen LogP contribution is -2.29. The van der Waals surface area contributed by atoms with Gasteiger partial charge in [0.2, 0.25) is 5.91 Å². The molecule has 0 aliphatic carbocycles. The highest BCUT2D eigenvalue weighted by molar-refractivity contribution is 5.77. The molecule has 0 saturated carbocycles. The van der Waals surface area contributed by atoms with Crippen molar-refractivity contribution in [2.24, 2.45) is 0 Å². The van der Waals surface area contributed by atoms with Crippen molar-refractivity contribution in [1.29, 1.82) is 0 Å². The fourth-order valence-electron chi connectivity index (χ4n) is 1.89. The van der Waals surface area contributed by atoms with Crippen molar-refractivity contribution in [1.82, 2.24) is 4.90 Å². The largest absolute Gasteiger partial charge is 0.497 e. The summed E-state index contributed by atoms with van der Waals surface area (Å²) in [4.78, 5) is 24.8. The summed E-state index contributed by atoms with van der Waals surface area (Å²) in [5.41, 5.74) is 1.06. The van der Waals surface area contributed by atoms with Gasteiger partial charge in [-0.2, -0.15) is 0 Å². The van der Waals surface area contributed by atoms with Gasteiger partial charge in [0, 0.05) is 20.0 Å². The Morgan fingerprint density at radius 3 is 2.67 bits per heavy atom. The van der Waals surface area contributed by atoms with Crippen LogP contribution in [0.15, 0.2) is 24.3 Å². The van der Waals surface area contributed by atoms with Crippen LogP contribution in [0.2, 0.25) is 0 Å². The summed E-state index contributed by atoms with van der Waals surface area (Å²) in [6.45, 7) is 2.52. The topological polar surface area (TPSA) is 55.8 Å². The Balaban J connectivity index is 2.36. The van der Waals surface area contributed by atoms with E-state index >= 15 is 0 Å². The summed E-state index contributed by atoms with van der Waals surface area (Å²) in [5, 5.41) is 0. The number of ether oxygens (including phenoxy) is 2. The summed E-state index contributed by atoms with van der Waals surface area (Å²) in [6, 6.07) is 7.67. The molecule has 21 heavy (non-hydrogen) atoms. The van der Waals surface area contributed by atoms with E-state index in [-0.39, 0.29) is 18.3 Å². The van der Waals surface area contributed by atoms with Crippen molar-refractivity contribution >= 4 is 11.9 Å². The van der Waals surface area contributed by atoms with Gasteiger partial charge >= 0.3 is 5.97 Å². The van der Waals surface area contributed by atoms with Gasteiger partial charge in [-0.15, -0.1) is 0 Å². The monoisotopic (exact) mass is 293 g/mol. The van der Waals surface area contributed by atoms with Gasteiger partial charge in [0.05, 0.1) is 20.1 Å². The van der Waals surface area contributed by atoms with Crippen LogP contribution >= 0.6 is 0 Å². The summed E-state index contributed by atoms with van der Waals surface area (Å²) < 4.78 is 9.99. The Hall–Kier alpha value is -2.04. The van der Waals surface area contributed by atoms with E-state index in [0.717, 1.165) is 11.3 Å². The van der Waals surface area contributed by atoms with Crippen LogP contribution in [0.3, 0.4) is 0 Å². The van der Waals surface area contributed by atoms with Gasteiger partial charge in [0.1, 0.15) is 5.75 Å². The lowest BCUT2D eigenvalue weighted by atomic mass is 10.1. The lowest BCUT2D eigenvalue weighted by molar-refractivity contribution is -0.143. The molecule has 1 amide bonds. The third kappa shape index (κ3) is 6.29. The molecule has 0 aromatic heterocycles. The van der Waals surface area contributed by atoms with E-state index in [2.05, 4.69) is 0 Å². The predicted molar refractivity (Wildman–Crippen MR) is 80.2 cm³/mol. The second kappa shape index (κ2) is 9.00. The molecule has 0 saturated heterocycles. The zero-order valence-corrected chi connectivity index (χ0v) is 12.9. The third-order valence-corrected chi connectivity index (χ3v) is 3.14. The minimum Gasteiger partial charge on any atom is -0.497 e. The molecular weight excluding hydrogens is 270 g/mol. The molecule has 1 rings (SSSR count). The van der Waals surface area contributed by atoms with Gasteiger partial charge in [0.15, 0.2) is 0 Å². The average Bonchev–Trinajstić information content (AvgIpc) is 2.50. The standard InChI is InChI=1S/C16H23NO4/c1-4-21-16(19)10-11-17(2)15(18)9-8-13-6-5-7-14(12-13)20-3/h5-7,12H,4,8-11H2,1-3H3. The first-order valence-corrected chi connectivity index (χ1v) is 7.09. The Morgan fingerprint density at radius 2 is 2.00 bits per heavy atom. The number of aryl methyl sites for hydroxylation is 1. The van der Waals surface area contributed by atoms with Gasteiger partial charge < -0.3 is 14.4 Å². The molecule has 116 valence electrons. The van der Waals surface area contributed by atoms with Gasteiger partial charge in [0.25, 0.3) is 0 Å². The van der Waals surface area contributed by atoms with Crippen LogP contribution in [0.4, 0.5) is 0 Å². The maximum atomic E-state index is 12.0. The van der Waals surface area contributed by atoms with Crippen molar-refractivity contribution in [2.45, 2.75) is 26.2 Å². The lowest BCUT2D eigenvalue weighted by Gasteiger charge is -2.16. The van der Waals surface area contributed by atoms with Crippen molar-refractivity contribution in [3.63, 3.8) is 0 Å². The second-order valence-electron chi connectivity index (χ2n) is 4.72. The Kier molecular flexibility index (Phi) is 7.29. The number of benzene rings is 1. The molecule has 5 heteroatoms. The fourth-order valence-corrected chi connectivity index (χ4v) is 1.89. The third-order valence-electron chi connectivity index (χ3n) is 3.14. The Labute approximate surface area is 125 Å². The van der Waals surface area contributed by atoms with E-state index in [1.807, 2.05) is 24.3 Å². The van der Waals surface area contributed by atoms with E-state index in [1.165, 1.54) is 0 Å². The highest BCUT2D eigenvalue weighted by Gasteiger charge is 2.11. The number of hydrogen-bond donors (Lipinski definition) is 0. The molecule has 0 heterocycles. The number of nitrogens with zero attached hydrogens (tertiary/aromatic N) is 1. The van der Waals surface area contributed by atoms with E-state index < -0.39 is 0 Å². The average molecular weight is 293 g/mol. The molecule has 1 aromatic rings. The SMILES string of the molecule is CCOC(=O)CCN(C)C(=O)CCc1cccc(OC)c1. The van der Waals surface area contributed by atoms with Crippen molar-refractivity contribution in [3.8, 4) is 5.75 Å². The number of carbonyl (C=O) groups is 2. The molecule has 5 nitrogen and oxygen atoms in total. The molecule has 0 bridgehead atoms. The molecule has 1 aromatic carbocycles. The minimum atomic E-state index is -0.273. The molecule has 0 aliphatic heterocycles. The normalized spacial score (nSPS) is 10.0. The van der Waals surface area contributed by atoms with Crippen LogP contribution in [0, 0.1) is 0 Å². The van der Waals surface area contributed by atoms with Crippen LogP contribution in [0.1, 0.15) is 25.3 Å². The van der Waals surface area contributed by atoms with Gasteiger partial charge in [-0.3, -0.25) is 9.59 Å². The smallest absolute Gasteiger partial charge is 0.307 e. The second-order valence-corrected chi connectivity index (χ2v) is 4.72. The molecule has 0 radical (unpaired) electrons. The highest BCUT2D eigenvalue weighted by atomic mass is 16.5. The first-order valence-electron chi connectivity index (χ1n) is 7.09. The van der Waals surface area contributed by atoms with E-state index in [1.54, 1.807) is 26.0 Å². The van der Waals surface area contributed by atoms with E-state index in [4.69, 9.17) is 9.47 Å². The summed E-state index contributed by atoms with van der Waals surface area (Å²) in [5.74, 6) is 0.530. The van der Waals surface area contributed by atoms with Crippen LogP contribution in [0.5, 0.6) is 5.75 Å². The van der Waals surface area contributed by atoms with Crippen molar-refractivity contribution in [2.75, 3.05) is 27.3 Å². The van der Waals surface area contributed by atoms with Crippen LogP contribution in [0.25, 0.3) is 0 Å². The maximum absolute atomic E-state index is 12.0. The van der Waals surface area contributed by atoms with Crippen molar-refractivity contribution < 1.29 is 19.1 Å². The Morgan fingerprint density at radius 1 is 1.24 bits per heavy atom. The van der Waals surface area contributed by atoms with Crippen molar-refractivity contribution in [3.05, 3.63) is 29.8 Å². The van der Waals surface area contributed by atoms with E-state index in [0.29, 0.717) is 26.0 Å². The highest BCUT2D eigenvalue weighted by Crippen LogP contribution is 2.14. The van der Waals surface area contributed by atoms with Gasteiger partial charge in [-0.05, 0) is 31.0 Å². The van der Waals surface area contributed by atoms with Gasteiger partial charge in [-0.25, -0.2) is 0 Å². The Bertz CT molecular complexity index is 473. The number of carbonyl (C=O) groups excluding carboxylic acids is 2. The zero-order valence-electron chi connectivity index (χ0n) is 12.9. The number of rotatable bonds is 8. The van der Waals surface area contributed by atoms with Crippen LogP contribution < -0.4 is 4.74 Å². The van der Waals surface area contributed by atoms with E-state index in [9.17, 15) is 9.59 Å². The molecular formula is C16H23NO4. The first-order chi connectivity index (χ1) is 10.1. The maximum Gasteiger partial charge on any atom is 0.307 e. The molecule has 0 atom stereocenters. The van der Waals surface area contributed by atoms with Crippen LogP contribution in [-0.4, -0.2) is 44.1 Å². The minimum absolute atomic E-state index is 0.0159.